The van der Waals surface area contributed by atoms with Gasteiger partial charge in [0.05, 0.1) is 6.04 Å². The van der Waals surface area contributed by atoms with Crippen LogP contribution in [-0.2, 0) is 11.3 Å². The van der Waals surface area contributed by atoms with E-state index in [0.717, 1.165) is 18.2 Å². The lowest BCUT2D eigenvalue weighted by molar-refractivity contribution is -0.119. The average molecular weight is 463 g/mol. The van der Waals surface area contributed by atoms with Crippen LogP contribution < -0.4 is 22.4 Å². The Bertz CT molecular complexity index is 996. The molecule has 2 aromatic carbocycles. The summed E-state index contributed by atoms with van der Waals surface area (Å²) in [6.45, 7) is 0.0994. The molecule has 2 aromatic rings. The first kappa shape index (κ1) is 26.4. The van der Waals surface area contributed by atoms with Crippen molar-refractivity contribution < 1.29 is 38.5 Å². The van der Waals surface area contributed by atoms with Crippen molar-refractivity contribution in [3.63, 3.8) is 0 Å². The van der Waals surface area contributed by atoms with E-state index >= 15 is 0 Å². The SMILES string of the molecule is NC(=O)C(N)CCCCN(Cc1ccc(F)c(B(O)O)c1)C(=O)c1ccc(F)c(B(O)O)c1. The van der Waals surface area contributed by atoms with Gasteiger partial charge in [0.2, 0.25) is 5.91 Å². The number of benzene rings is 2. The third-order valence-corrected chi connectivity index (χ3v) is 5.08. The summed E-state index contributed by atoms with van der Waals surface area (Å²) < 4.78 is 27.6. The Morgan fingerprint density at radius 2 is 1.52 bits per heavy atom. The van der Waals surface area contributed by atoms with Crippen molar-refractivity contribution in [3.8, 4) is 0 Å². The first-order chi connectivity index (χ1) is 15.5. The Morgan fingerprint density at radius 3 is 2.09 bits per heavy atom. The van der Waals surface area contributed by atoms with Gasteiger partial charge in [-0.05, 0) is 49.1 Å². The maximum atomic E-state index is 13.8. The van der Waals surface area contributed by atoms with Crippen LogP contribution in [0.3, 0.4) is 0 Å². The molecular formula is C20H25B2F2N3O6. The molecule has 1 atom stereocenters. The van der Waals surface area contributed by atoms with Crippen LogP contribution in [0.5, 0.6) is 0 Å². The van der Waals surface area contributed by atoms with Gasteiger partial charge in [0.25, 0.3) is 5.91 Å². The molecular weight excluding hydrogens is 438 g/mol. The summed E-state index contributed by atoms with van der Waals surface area (Å²) in [4.78, 5) is 25.6. The second kappa shape index (κ2) is 11.9. The van der Waals surface area contributed by atoms with E-state index in [1.165, 1.54) is 23.1 Å². The Balaban J connectivity index is 2.26. The molecule has 9 nitrogen and oxygen atoms in total. The fourth-order valence-corrected chi connectivity index (χ4v) is 3.23. The van der Waals surface area contributed by atoms with Gasteiger partial charge in [-0.25, -0.2) is 8.78 Å². The number of amides is 2. The van der Waals surface area contributed by atoms with Crippen molar-refractivity contribution in [2.45, 2.75) is 31.8 Å². The zero-order chi connectivity index (χ0) is 24.7. The zero-order valence-corrected chi connectivity index (χ0v) is 17.7. The molecule has 0 aromatic heterocycles. The first-order valence-corrected chi connectivity index (χ1v) is 10.2. The van der Waals surface area contributed by atoms with Gasteiger partial charge in [0.15, 0.2) is 0 Å². The summed E-state index contributed by atoms with van der Waals surface area (Å²) in [6, 6.07) is 5.93. The van der Waals surface area contributed by atoms with E-state index in [1.54, 1.807) is 0 Å². The van der Waals surface area contributed by atoms with Crippen molar-refractivity contribution in [2.75, 3.05) is 6.54 Å². The number of carbonyl (C=O) groups is 2. The summed E-state index contributed by atoms with van der Waals surface area (Å²) in [5, 5.41) is 37.3. The molecule has 0 saturated heterocycles. The van der Waals surface area contributed by atoms with Crippen LogP contribution >= 0.6 is 0 Å². The maximum absolute atomic E-state index is 13.8. The predicted octanol–water partition coefficient (Wildman–Crippen LogP) is -2.05. The van der Waals surface area contributed by atoms with Crippen LogP contribution in [-0.4, -0.2) is 63.6 Å². The van der Waals surface area contributed by atoms with E-state index in [1.807, 2.05) is 0 Å². The smallest absolute Gasteiger partial charge is 0.423 e. The highest BCUT2D eigenvalue weighted by molar-refractivity contribution is 6.59. The molecule has 8 N–H and O–H groups in total. The second-order valence-corrected chi connectivity index (χ2v) is 7.57. The van der Waals surface area contributed by atoms with Gasteiger partial charge in [-0.3, -0.25) is 9.59 Å². The highest BCUT2D eigenvalue weighted by atomic mass is 19.1. The van der Waals surface area contributed by atoms with Crippen LogP contribution in [0.15, 0.2) is 36.4 Å². The molecule has 0 bridgehead atoms. The summed E-state index contributed by atoms with van der Waals surface area (Å²) in [7, 11) is -4.16. The second-order valence-electron chi connectivity index (χ2n) is 7.57. The first-order valence-electron chi connectivity index (χ1n) is 10.2. The summed E-state index contributed by atoms with van der Waals surface area (Å²) in [5.41, 5.74) is 10.3. The molecule has 0 saturated carbocycles. The van der Waals surface area contributed by atoms with Crippen LogP contribution in [0.25, 0.3) is 0 Å². The number of halogens is 2. The van der Waals surface area contributed by atoms with Crippen LogP contribution in [0, 0.1) is 11.6 Å². The van der Waals surface area contributed by atoms with Gasteiger partial charge in [-0.1, -0.05) is 12.1 Å². The molecule has 2 rings (SSSR count). The van der Waals surface area contributed by atoms with Gasteiger partial charge >= 0.3 is 14.2 Å². The van der Waals surface area contributed by atoms with E-state index in [9.17, 15) is 38.5 Å². The van der Waals surface area contributed by atoms with E-state index < -0.39 is 49.2 Å². The van der Waals surface area contributed by atoms with E-state index in [2.05, 4.69) is 0 Å². The van der Waals surface area contributed by atoms with Gasteiger partial charge in [0, 0.05) is 29.6 Å². The number of hydrogen-bond donors (Lipinski definition) is 6. The quantitative estimate of drug-likeness (QED) is 0.165. The fourth-order valence-electron chi connectivity index (χ4n) is 3.23. The van der Waals surface area contributed by atoms with Crippen molar-refractivity contribution in [1.29, 1.82) is 0 Å². The molecule has 13 heteroatoms. The molecule has 0 aliphatic heterocycles. The maximum Gasteiger partial charge on any atom is 0.491 e. The van der Waals surface area contributed by atoms with Gasteiger partial charge in [-0.15, -0.1) is 0 Å². The third kappa shape index (κ3) is 7.34. The van der Waals surface area contributed by atoms with Crippen LogP contribution in [0.1, 0.15) is 35.2 Å². The standard InChI is InChI=1S/C20H25B2F2N3O6/c23-16-6-4-12(9-14(16)21(30)31)11-27(8-2-1-3-18(25)19(26)28)20(29)13-5-7-17(24)15(10-13)22(32)33/h4-7,9-10,18,30-33H,1-3,8,11,25H2,(H2,26,28). The largest absolute Gasteiger partial charge is 0.491 e. The normalized spacial score (nSPS) is 11.7. The van der Waals surface area contributed by atoms with Crippen molar-refractivity contribution >= 4 is 37.0 Å². The molecule has 1 unspecified atom stereocenters. The highest BCUT2D eigenvalue weighted by Gasteiger charge is 2.23. The summed E-state index contributed by atoms with van der Waals surface area (Å²) in [6.07, 6.45) is 1.17. The van der Waals surface area contributed by atoms with Crippen LogP contribution in [0.4, 0.5) is 8.78 Å². The minimum atomic E-state index is -2.12. The number of rotatable bonds is 11. The number of unbranched alkanes of at least 4 members (excludes halogenated alkanes) is 1. The molecule has 0 radical (unpaired) electrons. The van der Waals surface area contributed by atoms with E-state index in [0.29, 0.717) is 24.8 Å². The van der Waals surface area contributed by atoms with Crippen molar-refractivity contribution in [3.05, 3.63) is 59.2 Å². The zero-order valence-electron chi connectivity index (χ0n) is 17.7. The predicted molar refractivity (Wildman–Crippen MR) is 118 cm³/mol. The summed E-state index contributed by atoms with van der Waals surface area (Å²) in [5.74, 6) is -2.95. The Hall–Kier alpha value is -2.83. The number of nitrogens with zero attached hydrogens (tertiary/aromatic N) is 1. The Kier molecular flexibility index (Phi) is 9.50. The summed E-state index contributed by atoms with van der Waals surface area (Å²) >= 11 is 0. The number of nitrogens with two attached hydrogens (primary N) is 2. The molecule has 0 aliphatic rings. The topological polar surface area (TPSA) is 170 Å². The van der Waals surface area contributed by atoms with E-state index in [4.69, 9.17) is 11.5 Å². The lowest BCUT2D eigenvalue weighted by Crippen LogP contribution is -2.37. The highest BCUT2D eigenvalue weighted by Crippen LogP contribution is 2.13. The molecule has 0 aliphatic carbocycles. The van der Waals surface area contributed by atoms with Crippen LogP contribution in [0.2, 0.25) is 0 Å². The lowest BCUT2D eigenvalue weighted by Gasteiger charge is -2.24. The lowest BCUT2D eigenvalue weighted by atomic mass is 9.79. The average Bonchev–Trinajstić information content (AvgIpc) is 2.76. The Labute approximate surface area is 189 Å². The van der Waals surface area contributed by atoms with Gasteiger partial charge in [0.1, 0.15) is 11.6 Å². The molecule has 176 valence electrons. The monoisotopic (exact) mass is 463 g/mol. The minimum Gasteiger partial charge on any atom is -0.423 e. The Morgan fingerprint density at radius 1 is 0.939 bits per heavy atom. The molecule has 0 heterocycles. The molecule has 0 spiro atoms. The minimum absolute atomic E-state index is 0.0159. The number of primary amides is 1. The van der Waals surface area contributed by atoms with Crippen molar-refractivity contribution in [2.24, 2.45) is 11.5 Å². The molecule has 33 heavy (non-hydrogen) atoms. The van der Waals surface area contributed by atoms with Gasteiger partial charge in [-0.2, -0.15) is 0 Å². The fraction of sp³-hybridized carbons (Fsp3) is 0.300. The number of hydrogen-bond acceptors (Lipinski definition) is 7. The van der Waals surface area contributed by atoms with Crippen molar-refractivity contribution in [1.82, 2.24) is 4.90 Å². The molecule has 2 amide bonds. The van der Waals surface area contributed by atoms with E-state index in [-0.39, 0.29) is 24.1 Å². The third-order valence-electron chi connectivity index (χ3n) is 5.08. The van der Waals surface area contributed by atoms with Gasteiger partial charge < -0.3 is 36.5 Å². The number of carbonyl (C=O) groups excluding carboxylic acids is 2. The molecule has 0 fully saturated rings.